The second kappa shape index (κ2) is 6.75. The highest BCUT2D eigenvalue weighted by Gasteiger charge is 2.21. The third-order valence-electron chi connectivity index (χ3n) is 2.32. The Bertz CT molecular complexity index is 416. The zero-order valence-electron chi connectivity index (χ0n) is 10.4. The first-order valence-electron chi connectivity index (χ1n) is 5.65. The standard InChI is InChI=1S/C11H17N3O4/c1-3-4-7-5-8(14-13-7)10(15)12-9(6-18-2)11(16)17/h5,9H,3-4,6H2,1-2H3,(H,12,15)(H,13,14)(H,16,17). The number of carbonyl (C=O) groups excluding carboxylic acids is 1. The molecule has 1 unspecified atom stereocenters. The molecule has 18 heavy (non-hydrogen) atoms. The van der Waals surface area contributed by atoms with Gasteiger partial charge < -0.3 is 15.2 Å². The third kappa shape index (κ3) is 3.85. The van der Waals surface area contributed by atoms with Crippen molar-refractivity contribution in [2.24, 2.45) is 0 Å². The van der Waals surface area contributed by atoms with Crippen molar-refractivity contribution in [3.63, 3.8) is 0 Å². The molecule has 7 heteroatoms. The lowest BCUT2D eigenvalue weighted by atomic mass is 10.2. The molecule has 0 aliphatic carbocycles. The Morgan fingerprint density at radius 2 is 2.33 bits per heavy atom. The molecule has 0 spiro atoms. The maximum Gasteiger partial charge on any atom is 0.328 e. The van der Waals surface area contributed by atoms with Crippen LogP contribution in [-0.2, 0) is 16.0 Å². The average Bonchev–Trinajstić information content (AvgIpc) is 2.77. The predicted octanol–water partition coefficient (Wildman–Crippen LogP) is 0.192. The van der Waals surface area contributed by atoms with Gasteiger partial charge in [0, 0.05) is 12.8 Å². The van der Waals surface area contributed by atoms with Gasteiger partial charge in [-0.2, -0.15) is 5.10 Å². The SMILES string of the molecule is CCCc1cc(C(=O)NC(COC)C(=O)O)n[nH]1. The first-order chi connectivity index (χ1) is 8.58. The number of amides is 1. The van der Waals surface area contributed by atoms with E-state index in [1.165, 1.54) is 7.11 Å². The van der Waals surface area contributed by atoms with Crippen LogP contribution in [0, 0.1) is 0 Å². The summed E-state index contributed by atoms with van der Waals surface area (Å²) in [6.45, 7) is 1.92. The van der Waals surface area contributed by atoms with E-state index in [0.717, 1.165) is 18.5 Å². The second-order valence-corrected chi connectivity index (χ2v) is 3.85. The molecule has 0 aliphatic heterocycles. The van der Waals surface area contributed by atoms with E-state index in [1.807, 2.05) is 6.92 Å². The van der Waals surface area contributed by atoms with Gasteiger partial charge in [0.15, 0.2) is 6.04 Å². The molecule has 0 radical (unpaired) electrons. The maximum atomic E-state index is 11.7. The van der Waals surface area contributed by atoms with Crippen molar-refractivity contribution in [1.29, 1.82) is 0 Å². The van der Waals surface area contributed by atoms with Crippen LogP contribution in [0.25, 0.3) is 0 Å². The number of hydrogen-bond donors (Lipinski definition) is 3. The summed E-state index contributed by atoms with van der Waals surface area (Å²) in [5, 5.41) is 17.8. The molecule has 0 fully saturated rings. The molecule has 7 nitrogen and oxygen atoms in total. The molecular weight excluding hydrogens is 238 g/mol. The van der Waals surface area contributed by atoms with Crippen molar-refractivity contribution >= 4 is 11.9 Å². The monoisotopic (exact) mass is 255 g/mol. The molecule has 0 bridgehead atoms. The Balaban J connectivity index is 2.64. The zero-order valence-corrected chi connectivity index (χ0v) is 10.4. The first kappa shape index (κ1) is 14.2. The minimum Gasteiger partial charge on any atom is -0.480 e. The van der Waals surface area contributed by atoms with E-state index in [0.29, 0.717) is 0 Å². The molecule has 1 heterocycles. The molecule has 3 N–H and O–H groups in total. The predicted molar refractivity (Wildman–Crippen MR) is 63.3 cm³/mol. The summed E-state index contributed by atoms with van der Waals surface area (Å²) in [5.41, 5.74) is 1.03. The molecule has 0 aromatic carbocycles. The fourth-order valence-electron chi connectivity index (χ4n) is 1.45. The van der Waals surface area contributed by atoms with E-state index >= 15 is 0 Å². The number of methoxy groups -OCH3 is 1. The van der Waals surface area contributed by atoms with Crippen molar-refractivity contribution in [2.45, 2.75) is 25.8 Å². The van der Waals surface area contributed by atoms with E-state index < -0.39 is 17.9 Å². The smallest absolute Gasteiger partial charge is 0.328 e. The fourth-order valence-corrected chi connectivity index (χ4v) is 1.45. The number of nitrogens with one attached hydrogen (secondary N) is 2. The molecule has 1 aromatic rings. The summed E-state index contributed by atoms with van der Waals surface area (Å²) >= 11 is 0. The van der Waals surface area contributed by atoms with Crippen LogP contribution < -0.4 is 5.32 Å². The lowest BCUT2D eigenvalue weighted by molar-refractivity contribution is -0.140. The Morgan fingerprint density at radius 3 is 2.89 bits per heavy atom. The molecule has 0 aliphatic rings. The highest BCUT2D eigenvalue weighted by molar-refractivity contribution is 5.95. The maximum absolute atomic E-state index is 11.7. The van der Waals surface area contributed by atoms with Crippen LogP contribution in [-0.4, -0.2) is 46.9 Å². The topological polar surface area (TPSA) is 104 Å². The van der Waals surface area contributed by atoms with Crippen LogP contribution in [0.4, 0.5) is 0 Å². The number of rotatable bonds is 7. The average molecular weight is 255 g/mol. The number of carbonyl (C=O) groups is 2. The van der Waals surface area contributed by atoms with Gasteiger partial charge in [-0.15, -0.1) is 0 Å². The summed E-state index contributed by atoms with van der Waals surface area (Å²) in [5.74, 6) is -1.67. The van der Waals surface area contributed by atoms with Crippen LogP contribution in [0.5, 0.6) is 0 Å². The summed E-state index contributed by atoms with van der Waals surface area (Å²) in [6, 6.07) is 0.540. The number of aromatic amines is 1. The normalized spacial score (nSPS) is 12.1. The molecular formula is C11H17N3O4. The Labute approximate surface area is 105 Å². The highest BCUT2D eigenvalue weighted by Crippen LogP contribution is 2.03. The van der Waals surface area contributed by atoms with Gasteiger partial charge in [-0.05, 0) is 12.5 Å². The van der Waals surface area contributed by atoms with Gasteiger partial charge in [-0.3, -0.25) is 9.89 Å². The third-order valence-corrected chi connectivity index (χ3v) is 2.32. The number of aryl methyl sites for hydroxylation is 1. The number of carboxylic acid groups (broad SMARTS) is 1. The van der Waals surface area contributed by atoms with Crippen LogP contribution >= 0.6 is 0 Å². The van der Waals surface area contributed by atoms with Gasteiger partial charge in [0.25, 0.3) is 5.91 Å². The highest BCUT2D eigenvalue weighted by atomic mass is 16.5. The lowest BCUT2D eigenvalue weighted by Crippen LogP contribution is -2.43. The summed E-state index contributed by atoms with van der Waals surface area (Å²) < 4.78 is 4.72. The molecule has 1 atom stereocenters. The van der Waals surface area contributed by atoms with E-state index in [9.17, 15) is 9.59 Å². The summed E-state index contributed by atoms with van der Waals surface area (Å²) in [7, 11) is 1.37. The van der Waals surface area contributed by atoms with Crippen LogP contribution in [0.15, 0.2) is 6.07 Å². The summed E-state index contributed by atoms with van der Waals surface area (Å²) in [6.07, 6.45) is 1.73. The molecule has 0 saturated carbocycles. The van der Waals surface area contributed by atoms with Crippen LogP contribution in [0.2, 0.25) is 0 Å². The van der Waals surface area contributed by atoms with Gasteiger partial charge >= 0.3 is 5.97 Å². The van der Waals surface area contributed by atoms with Crippen LogP contribution in [0.1, 0.15) is 29.5 Å². The summed E-state index contributed by atoms with van der Waals surface area (Å²) in [4.78, 5) is 22.6. The largest absolute Gasteiger partial charge is 0.480 e. The molecule has 1 amide bonds. The molecule has 100 valence electrons. The van der Waals surface area contributed by atoms with Gasteiger partial charge in [-0.1, -0.05) is 13.3 Å². The van der Waals surface area contributed by atoms with Crippen molar-refractivity contribution in [3.05, 3.63) is 17.5 Å². The van der Waals surface area contributed by atoms with Crippen molar-refractivity contribution in [1.82, 2.24) is 15.5 Å². The minimum atomic E-state index is -1.14. The molecule has 1 rings (SSSR count). The number of aromatic nitrogens is 2. The first-order valence-corrected chi connectivity index (χ1v) is 5.65. The van der Waals surface area contributed by atoms with Gasteiger partial charge in [0.2, 0.25) is 0 Å². The van der Waals surface area contributed by atoms with Crippen LogP contribution in [0.3, 0.4) is 0 Å². The minimum absolute atomic E-state index is 0.0900. The Morgan fingerprint density at radius 1 is 1.61 bits per heavy atom. The second-order valence-electron chi connectivity index (χ2n) is 3.85. The quantitative estimate of drug-likeness (QED) is 0.645. The van der Waals surface area contributed by atoms with Gasteiger partial charge in [0.05, 0.1) is 6.61 Å². The number of ether oxygens (including phenoxy) is 1. The fraction of sp³-hybridized carbons (Fsp3) is 0.545. The number of hydrogen-bond acceptors (Lipinski definition) is 4. The molecule has 1 aromatic heterocycles. The van der Waals surface area contributed by atoms with E-state index in [1.54, 1.807) is 6.07 Å². The van der Waals surface area contributed by atoms with Crippen molar-refractivity contribution < 1.29 is 19.4 Å². The van der Waals surface area contributed by atoms with Gasteiger partial charge in [0.1, 0.15) is 5.69 Å². The Hall–Kier alpha value is -1.89. The zero-order chi connectivity index (χ0) is 13.5. The lowest BCUT2D eigenvalue weighted by Gasteiger charge is -2.11. The van der Waals surface area contributed by atoms with E-state index in [-0.39, 0.29) is 12.3 Å². The van der Waals surface area contributed by atoms with Crippen molar-refractivity contribution in [2.75, 3.05) is 13.7 Å². The molecule has 0 saturated heterocycles. The Kier molecular flexibility index (Phi) is 5.31. The number of carboxylic acids is 1. The van der Waals surface area contributed by atoms with E-state index in [4.69, 9.17) is 9.84 Å². The number of aliphatic carboxylic acids is 1. The van der Waals surface area contributed by atoms with E-state index in [2.05, 4.69) is 15.5 Å². The van der Waals surface area contributed by atoms with Crippen molar-refractivity contribution in [3.8, 4) is 0 Å². The number of H-pyrrole nitrogens is 1. The number of nitrogens with zero attached hydrogens (tertiary/aromatic N) is 1. The van der Waals surface area contributed by atoms with Gasteiger partial charge in [-0.25, -0.2) is 4.79 Å².